The van der Waals surface area contributed by atoms with Crippen molar-refractivity contribution in [1.82, 2.24) is 24.8 Å². The predicted octanol–water partition coefficient (Wildman–Crippen LogP) is 4.16. The summed E-state index contributed by atoms with van der Waals surface area (Å²) in [6.07, 6.45) is 6.90. The standard InChI is InChI=1S/C30H26F2N6O2/c1-2-19-14-35-27-23(10-18(15-38(19)27)20-5-3-7-22(31)25(20)32)36-28(39)17-9-16-11-30(12-24(16)34-13-17)21-6-4-8-33-26(21)37-29(30)40/h3-9,13-14,18,23H,2,10-12,15H2,1H3,(H,36,39)(H,33,37,40)/t18-,23+,30+/m1/s1. The number of carbonyl (C=O) groups excluding carboxylic acids is 2. The van der Waals surface area contributed by atoms with Gasteiger partial charge in [0.15, 0.2) is 11.6 Å². The minimum atomic E-state index is -0.887. The van der Waals surface area contributed by atoms with Crippen molar-refractivity contribution >= 4 is 17.6 Å². The van der Waals surface area contributed by atoms with Crippen LogP contribution in [0.25, 0.3) is 0 Å². The van der Waals surface area contributed by atoms with E-state index in [-0.39, 0.29) is 23.3 Å². The molecule has 202 valence electrons. The number of fused-ring (bicyclic) bond motifs is 4. The molecule has 3 aromatic heterocycles. The number of halogens is 2. The lowest BCUT2D eigenvalue weighted by molar-refractivity contribution is -0.120. The van der Waals surface area contributed by atoms with Crippen LogP contribution in [0.1, 0.15) is 69.6 Å². The molecule has 8 nitrogen and oxygen atoms in total. The summed E-state index contributed by atoms with van der Waals surface area (Å²) < 4.78 is 30.8. The number of hydrogen-bond donors (Lipinski definition) is 2. The van der Waals surface area contributed by atoms with Crippen LogP contribution in [-0.2, 0) is 36.0 Å². The maximum Gasteiger partial charge on any atom is 0.253 e. The number of aromatic nitrogens is 4. The maximum atomic E-state index is 14.8. The van der Waals surface area contributed by atoms with Gasteiger partial charge in [-0.2, -0.15) is 0 Å². The Morgan fingerprint density at radius 3 is 2.88 bits per heavy atom. The number of pyridine rings is 2. The summed E-state index contributed by atoms with van der Waals surface area (Å²) >= 11 is 0. The summed E-state index contributed by atoms with van der Waals surface area (Å²) in [6.45, 7) is 2.46. The molecule has 5 heterocycles. The van der Waals surface area contributed by atoms with Crippen molar-refractivity contribution in [3.05, 3.63) is 106 Å². The molecule has 0 unspecified atom stereocenters. The van der Waals surface area contributed by atoms with E-state index in [9.17, 15) is 18.4 Å². The minimum absolute atomic E-state index is 0.110. The van der Waals surface area contributed by atoms with Crippen LogP contribution in [0.5, 0.6) is 0 Å². The monoisotopic (exact) mass is 540 g/mol. The number of rotatable bonds is 4. The summed E-state index contributed by atoms with van der Waals surface area (Å²) in [5, 5.41) is 5.95. The van der Waals surface area contributed by atoms with Gasteiger partial charge in [-0.25, -0.2) is 18.7 Å². The van der Waals surface area contributed by atoms with Crippen molar-refractivity contribution in [2.24, 2.45) is 0 Å². The Labute approximate surface area is 228 Å². The Balaban J connectivity index is 1.17. The average Bonchev–Trinajstić information content (AvgIpc) is 3.63. The van der Waals surface area contributed by atoms with Crippen molar-refractivity contribution in [3.63, 3.8) is 0 Å². The number of hydrogen-bond acceptors (Lipinski definition) is 5. The SMILES string of the molecule is CCc1cnc2n1C[C@H](c1cccc(F)c1F)C[C@@H]2NC(=O)c1cnc2c(c1)C[C@@]1(C2)C(=O)Nc2ncccc21. The zero-order valence-electron chi connectivity index (χ0n) is 21.7. The van der Waals surface area contributed by atoms with Crippen molar-refractivity contribution in [2.75, 3.05) is 5.32 Å². The number of benzene rings is 1. The molecule has 0 saturated carbocycles. The van der Waals surface area contributed by atoms with Crippen LogP contribution in [0.3, 0.4) is 0 Å². The highest BCUT2D eigenvalue weighted by Crippen LogP contribution is 2.46. The molecule has 2 amide bonds. The molecule has 3 atom stereocenters. The Morgan fingerprint density at radius 2 is 2.02 bits per heavy atom. The third-order valence-corrected chi connectivity index (χ3v) is 8.57. The number of imidazole rings is 1. The third kappa shape index (κ3) is 3.65. The summed E-state index contributed by atoms with van der Waals surface area (Å²) in [6, 6.07) is 9.23. The molecular weight excluding hydrogens is 514 g/mol. The third-order valence-electron chi connectivity index (χ3n) is 8.57. The van der Waals surface area contributed by atoms with Gasteiger partial charge in [0.25, 0.3) is 5.91 Å². The molecule has 1 aromatic carbocycles. The van der Waals surface area contributed by atoms with Crippen LogP contribution in [0.15, 0.2) is 55.0 Å². The molecule has 2 aliphatic heterocycles. The number of aryl methyl sites for hydroxylation is 1. The van der Waals surface area contributed by atoms with Gasteiger partial charge < -0.3 is 15.2 Å². The quantitative estimate of drug-likeness (QED) is 0.405. The van der Waals surface area contributed by atoms with Crippen LogP contribution in [0, 0.1) is 11.6 Å². The fourth-order valence-electron chi connectivity index (χ4n) is 6.55. The number of amides is 2. The van der Waals surface area contributed by atoms with E-state index in [1.807, 2.05) is 23.6 Å². The van der Waals surface area contributed by atoms with Crippen molar-refractivity contribution in [2.45, 2.75) is 56.5 Å². The largest absolute Gasteiger partial charge is 0.342 e. The second-order valence-corrected chi connectivity index (χ2v) is 10.8. The molecule has 0 radical (unpaired) electrons. The molecule has 4 aromatic rings. The van der Waals surface area contributed by atoms with Gasteiger partial charge in [0.05, 0.1) is 17.0 Å². The number of nitrogens with zero attached hydrogens (tertiary/aromatic N) is 4. The fraction of sp³-hybridized carbons (Fsp3) is 0.300. The lowest BCUT2D eigenvalue weighted by Gasteiger charge is -2.32. The smallest absolute Gasteiger partial charge is 0.253 e. The average molecular weight is 541 g/mol. The normalized spacial score (nSPS) is 22.5. The van der Waals surface area contributed by atoms with Gasteiger partial charge in [0.2, 0.25) is 5.91 Å². The highest BCUT2D eigenvalue weighted by molar-refractivity contribution is 6.06. The van der Waals surface area contributed by atoms with Gasteiger partial charge in [0.1, 0.15) is 11.6 Å². The first-order chi connectivity index (χ1) is 19.4. The molecule has 0 saturated heterocycles. The van der Waals surface area contributed by atoms with Crippen molar-refractivity contribution in [3.8, 4) is 0 Å². The summed E-state index contributed by atoms with van der Waals surface area (Å²) in [5.41, 5.74) is 3.32. The Morgan fingerprint density at radius 1 is 1.15 bits per heavy atom. The highest BCUT2D eigenvalue weighted by atomic mass is 19.2. The van der Waals surface area contributed by atoms with Gasteiger partial charge in [-0.3, -0.25) is 14.6 Å². The van der Waals surface area contributed by atoms with Gasteiger partial charge in [0, 0.05) is 54.4 Å². The molecule has 10 heteroatoms. The second-order valence-electron chi connectivity index (χ2n) is 10.8. The molecule has 1 spiro atoms. The van der Waals surface area contributed by atoms with Crippen molar-refractivity contribution < 1.29 is 18.4 Å². The van der Waals surface area contributed by atoms with E-state index in [0.717, 1.165) is 35.0 Å². The zero-order valence-corrected chi connectivity index (χ0v) is 21.7. The highest BCUT2D eigenvalue weighted by Gasteiger charge is 2.51. The van der Waals surface area contributed by atoms with Crippen molar-refractivity contribution in [1.29, 1.82) is 0 Å². The lowest BCUT2D eigenvalue weighted by Crippen LogP contribution is -2.36. The fourth-order valence-corrected chi connectivity index (χ4v) is 6.55. The maximum absolute atomic E-state index is 14.8. The molecular formula is C30H26F2N6O2. The van der Waals surface area contributed by atoms with E-state index >= 15 is 0 Å². The Bertz CT molecular complexity index is 1700. The van der Waals surface area contributed by atoms with Gasteiger partial charge in [-0.15, -0.1) is 0 Å². The van der Waals surface area contributed by atoms with E-state index in [1.54, 1.807) is 24.5 Å². The zero-order chi connectivity index (χ0) is 27.6. The lowest BCUT2D eigenvalue weighted by atomic mass is 9.80. The first-order valence-corrected chi connectivity index (χ1v) is 13.4. The summed E-state index contributed by atoms with van der Waals surface area (Å²) in [4.78, 5) is 40.0. The van der Waals surface area contributed by atoms with Gasteiger partial charge in [-0.1, -0.05) is 25.1 Å². The van der Waals surface area contributed by atoms with E-state index in [4.69, 9.17) is 0 Å². The molecule has 0 bridgehead atoms. The number of anilines is 1. The van der Waals surface area contributed by atoms with Crippen LogP contribution < -0.4 is 10.6 Å². The number of nitrogens with one attached hydrogen (secondary N) is 2. The van der Waals surface area contributed by atoms with Gasteiger partial charge in [-0.05, 0) is 48.6 Å². The van der Waals surface area contributed by atoms with E-state index in [1.165, 1.54) is 12.3 Å². The molecule has 0 fully saturated rings. The molecule has 3 aliphatic rings. The van der Waals surface area contributed by atoms with Crippen LogP contribution in [0.4, 0.5) is 14.6 Å². The summed E-state index contributed by atoms with van der Waals surface area (Å²) in [5.74, 6) is -1.28. The Hall–Kier alpha value is -4.47. The predicted molar refractivity (Wildman–Crippen MR) is 142 cm³/mol. The van der Waals surface area contributed by atoms with Crippen LogP contribution in [0.2, 0.25) is 0 Å². The first-order valence-electron chi connectivity index (χ1n) is 13.4. The summed E-state index contributed by atoms with van der Waals surface area (Å²) in [7, 11) is 0. The van der Waals surface area contributed by atoms with E-state index in [0.29, 0.717) is 43.0 Å². The van der Waals surface area contributed by atoms with E-state index in [2.05, 4.69) is 25.6 Å². The minimum Gasteiger partial charge on any atom is -0.342 e. The Kier molecular flexibility index (Phi) is 5.55. The topological polar surface area (TPSA) is 102 Å². The molecule has 40 heavy (non-hydrogen) atoms. The number of carbonyl (C=O) groups is 2. The molecule has 2 N–H and O–H groups in total. The van der Waals surface area contributed by atoms with E-state index < -0.39 is 23.1 Å². The van der Waals surface area contributed by atoms with Crippen LogP contribution >= 0.6 is 0 Å². The second kappa shape index (κ2) is 9.04. The first kappa shape index (κ1) is 24.6. The molecule has 1 aliphatic carbocycles. The van der Waals surface area contributed by atoms with Gasteiger partial charge >= 0.3 is 0 Å². The van der Waals surface area contributed by atoms with Crippen LogP contribution in [-0.4, -0.2) is 31.3 Å². The molecule has 7 rings (SSSR count).